The van der Waals surface area contributed by atoms with Crippen LogP contribution in [-0.4, -0.2) is 27.6 Å². The Labute approximate surface area is 191 Å². The van der Waals surface area contributed by atoms with Gasteiger partial charge >= 0.3 is 5.97 Å². The molecule has 0 unspecified atom stereocenters. The Hall–Kier alpha value is -4.13. The van der Waals surface area contributed by atoms with Crippen LogP contribution in [-0.2, 0) is 4.79 Å². The number of hydrogen-bond acceptors (Lipinski definition) is 6. The highest BCUT2D eigenvalue weighted by molar-refractivity contribution is 5.78. The van der Waals surface area contributed by atoms with Crippen molar-refractivity contribution in [3.05, 3.63) is 79.1 Å². The van der Waals surface area contributed by atoms with E-state index in [2.05, 4.69) is 10.3 Å². The molecule has 0 atom stereocenters. The van der Waals surface area contributed by atoms with Crippen molar-refractivity contribution in [1.29, 1.82) is 0 Å². The summed E-state index contributed by atoms with van der Waals surface area (Å²) in [6.45, 7) is 0.625. The summed E-state index contributed by atoms with van der Waals surface area (Å²) in [4.78, 5) is 19.9. The predicted octanol–water partition coefficient (Wildman–Crippen LogP) is 5.72. The molecular weight excluding hydrogens is 418 g/mol. The van der Waals surface area contributed by atoms with Crippen molar-refractivity contribution in [2.24, 2.45) is 11.8 Å². The lowest BCUT2D eigenvalue weighted by atomic mass is 9.75. The molecule has 7 nitrogen and oxygen atoms in total. The van der Waals surface area contributed by atoms with E-state index in [0.29, 0.717) is 42.8 Å². The van der Waals surface area contributed by atoms with Gasteiger partial charge < -0.3 is 19.6 Å². The van der Waals surface area contributed by atoms with E-state index >= 15 is 0 Å². The van der Waals surface area contributed by atoms with E-state index in [-0.39, 0.29) is 5.92 Å². The van der Waals surface area contributed by atoms with Gasteiger partial charge in [0, 0.05) is 30.1 Å². The Bertz CT molecular complexity index is 1220. The quantitative estimate of drug-likeness (QED) is 0.361. The van der Waals surface area contributed by atoms with Gasteiger partial charge in [-0.2, -0.15) is 4.98 Å². The zero-order valence-corrected chi connectivity index (χ0v) is 17.8. The molecule has 2 aromatic heterocycles. The van der Waals surface area contributed by atoms with Crippen molar-refractivity contribution < 1.29 is 19.1 Å². The number of oxazole rings is 1. The number of nitrogens with one attached hydrogen (secondary N) is 1. The number of carboxylic acid groups (broad SMARTS) is 1. The van der Waals surface area contributed by atoms with Crippen LogP contribution in [0.1, 0.15) is 12.8 Å². The molecule has 0 amide bonds. The molecule has 0 bridgehead atoms. The molecule has 2 heterocycles. The molecule has 2 N–H and O–H groups in total. The molecule has 33 heavy (non-hydrogen) atoms. The molecular formula is C26H23N3O4. The van der Waals surface area contributed by atoms with Gasteiger partial charge in [-0.05, 0) is 67.3 Å². The zero-order valence-electron chi connectivity index (χ0n) is 17.8. The molecule has 0 saturated heterocycles. The highest BCUT2D eigenvalue weighted by atomic mass is 16.5. The van der Waals surface area contributed by atoms with Gasteiger partial charge in [-0.3, -0.25) is 9.78 Å². The van der Waals surface area contributed by atoms with Crippen LogP contribution >= 0.6 is 0 Å². The molecule has 7 heteroatoms. The van der Waals surface area contributed by atoms with E-state index in [1.165, 1.54) is 0 Å². The number of anilines is 1. The maximum absolute atomic E-state index is 11.0. The Morgan fingerprint density at radius 2 is 1.76 bits per heavy atom. The second-order valence-corrected chi connectivity index (χ2v) is 8.13. The fourth-order valence-corrected chi connectivity index (χ4v) is 3.93. The molecule has 166 valence electrons. The monoisotopic (exact) mass is 441 g/mol. The number of carboxylic acids is 1. The van der Waals surface area contributed by atoms with E-state index in [4.69, 9.17) is 19.2 Å². The standard InChI is InChI=1S/C26H23N3O4/c30-25(31)20-13-17(14-20)15-28-26-29-23(24(33-26)19-5-4-12-27-16-19)18-8-10-22(11-9-18)32-21-6-2-1-3-7-21/h1-12,16-17,20H,13-15H2,(H,28,29)(H,30,31). The van der Waals surface area contributed by atoms with Crippen molar-refractivity contribution in [3.8, 4) is 34.1 Å². The molecule has 1 aliphatic carbocycles. The van der Waals surface area contributed by atoms with Crippen LogP contribution in [0.3, 0.4) is 0 Å². The first-order valence-electron chi connectivity index (χ1n) is 10.9. The van der Waals surface area contributed by atoms with E-state index in [9.17, 15) is 4.79 Å². The third kappa shape index (κ3) is 4.72. The Kier molecular flexibility index (Phi) is 5.76. The second-order valence-electron chi connectivity index (χ2n) is 8.13. The van der Waals surface area contributed by atoms with Gasteiger partial charge in [-0.25, -0.2) is 0 Å². The third-order valence-electron chi connectivity index (χ3n) is 5.78. The summed E-state index contributed by atoms with van der Waals surface area (Å²) in [6.07, 6.45) is 4.80. The van der Waals surface area contributed by atoms with Crippen molar-refractivity contribution in [3.63, 3.8) is 0 Å². The average Bonchev–Trinajstić information content (AvgIpc) is 3.24. The summed E-state index contributed by atoms with van der Waals surface area (Å²) in [6, 6.07) is 21.5. The largest absolute Gasteiger partial charge is 0.481 e. The first kappa shape index (κ1) is 20.8. The van der Waals surface area contributed by atoms with Crippen LogP contribution in [0.4, 0.5) is 6.01 Å². The number of carbonyl (C=O) groups is 1. The first-order chi connectivity index (χ1) is 16.2. The van der Waals surface area contributed by atoms with Crippen LogP contribution in [0.25, 0.3) is 22.6 Å². The molecule has 0 spiro atoms. The van der Waals surface area contributed by atoms with Crippen molar-refractivity contribution in [2.45, 2.75) is 12.8 Å². The van der Waals surface area contributed by atoms with Gasteiger partial charge in [0.05, 0.1) is 5.92 Å². The minimum absolute atomic E-state index is 0.237. The fraction of sp³-hybridized carbons (Fsp3) is 0.192. The number of ether oxygens (including phenoxy) is 1. The van der Waals surface area contributed by atoms with Gasteiger partial charge in [0.25, 0.3) is 6.01 Å². The molecule has 1 fully saturated rings. The van der Waals surface area contributed by atoms with Crippen molar-refractivity contribution in [2.75, 3.05) is 11.9 Å². The van der Waals surface area contributed by atoms with E-state index in [1.807, 2.05) is 66.7 Å². The number of aliphatic carboxylic acids is 1. The Balaban J connectivity index is 1.36. The summed E-state index contributed by atoms with van der Waals surface area (Å²) in [5, 5.41) is 12.3. The Morgan fingerprint density at radius 1 is 1.00 bits per heavy atom. The van der Waals surface area contributed by atoms with Gasteiger partial charge in [0.2, 0.25) is 0 Å². The lowest BCUT2D eigenvalue weighted by Crippen LogP contribution is -2.34. The minimum atomic E-state index is -0.719. The summed E-state index contributed by atoms with van der Waals surface area (Å²) < 4.78 is 12.0. The summed E-state index contributed by atoms with van der Waals surface area (Å²) >= 11 is 0. The lowest BCUT2D eigenvalue weighted by Gasteiger charge is -2.31. The number of hydrogen-bond donors (Lipinski definition) is 2. The number of nitrogens with zero attached hydrogens (tertiary/aromatic N) is 2. The highest BCUT2D eigenvalue weighted by Gasteiger charge is 2.34. The maximum Gasteiger partial charge on any atom is 0.306 e. The Morgan fingerprint density at radius 3 is 2.45 bits per heavy atom. The highest BCUT2D eigenvalue weighted by Crippen LogP contribution is 2.37. The zero-order chi connectivity index (χ0) is 22.6. The van der Waals surface area contributed by atoms with Gasteiger partial charge in [-0.15, -0.1) is 0 Å². The molecule has 1 saturated carbocycles. The number of benzene rings is 2. The summed E-state index contributed by atoms with van der Waals surface area (Å²) in [7, 11) is 0. The predicted molar refractivity (Wildman–Crippen MR) is 124 cm³/mol. The number of para-hydroxylation sites is 1. The van der Waals surface area contributed by atoms with Gasteiger partial charge in [-0.1, -0.05) is 18.2 Å². The summed E-state index contributed by atoms with van der Waals surface area (Å²) in [5.41, 5.74) is 2.42. The number of pyridine rings is 1. The normalized spacial score (nSPS) is 17.2. The second kappa shape index (κ2) is 9.16. The average molecular weight is 441 g/mol. The molecule has 5 rings (SSSR count). The first-order valence-corrected chi connectivity index (χ1v) is 10.9. The lowest BCUT2D eigenvalue weighted by molar-refractivity contribution is -0.146. The maximum atomic E-state index is 11.0. The molecule has 0 aliphatic heterocycles. The molecule has 1 aliphatic rings. The van der Waals surface area contributed by atoms with E-state index < -0.39 is 5.97 Å². The van der Waals surface area contributed by atoms with Crippen LogP contribution in [0.2, 0.25) is 0 Å². The minimum Gasteiger partial charge on any atom is -0.481 e. The SMILES string of the molecule is O=C(O)C1CC(CNc2nc(-c3ccc(Oc4ccccc4)cc3)c(-c3cccnc3)o2)C1. The van der Waals surface area contributed by atoms with Gasteiger partial charge in [0.15, 0.2) is 5.76 Å². The third-order valence-corrected chi connectivity index (χ3v) is 5.78. The van der Waals surface area contributed by atoms with E-state index in [1.54, 1.807) is 12.4 Å². The van der Waals surface area contributed by atoms with E-state index in [0.717, 1.165) is 22.6 Å². The topological polar surface area (TPSA) is 97.5 Å². The van der Waals surface area contributed by atoms with Crippen molar-refractivity contribution in [1.82, 2.24) is 9.97 Å². The van der Waals surface area contributed by atoms with Gasteiger partial charge in [0.1, 0.15) is 17.2 Å². The van der Waals surface area contributed by atoms with Crippen LogP contribution < -0.4 is 10.1 Å². The number of rotatable bonds is 8. The van der Waals surface area contributed by atoms with Crippen LogP contribution in [0.15, 0.2) is 83.5 Å². The molecule has 2 aromatic carbocycles. The fourth-order valence-electron chi connectivity index (χ4n) is 3.93. The summed E-state index contributed by atoms with van der Waals surface area (Å²) in [5.74, 6) is 1.47. The molecule has 4 aromatic rings. The smallest absolute Gasteiger partial charge is 0.306 e. The van der Waals surface area contributed by atoms with Crippen LogP contribution in [0, 0.1) is 11.8 Å². The van der Waals surface area contributed by atoms with Crippen LogP contribution in [0.5, 0.6) is 11.5 Å². The number of aromatic nitrogens is 2. The molecule has 0 radical (unpaired) electrons. The van der Waals surface area contributed by atoms with Crippen molar-refractivity contribution >= 4 is 12.0 Å².